The van der Waals surface area contributed by atoms with Crippen LogP contribution < -0.4 is 32.7 Å². The summed E-state index contributed by atoms with van der Waals surface area (Å²) in [6, 6.07) is 14.6. The molecule has 0 bridgehead atoms. The van der Waals surface area contributed by atoms with Crippen LogP contribution in [0.4, 0.5) is 0 Å². The Hall–Kier alpha value is -4.25. The number of benzene rings is 2. The second kappa shape index (κ2) is 18.4. The van der Waals surface area contributed by atoms with Gasteiger partial charge in [-0.05, 0) is 62.3 Å². The number of nitrogens with one attached hydrogen (secondary N) is 4. The highest BCUT2D eigenvalue weighted by Crippen LogP contribution is 2.22. The maximum atomic E-state index is 13.7. The monoisotopic (exact) mass is 606 g/mol. The van der Waals surface area contributed by atoms with Crippen molar-refractivity contribution in [2.24, 2.45) is 17.4 Å². The number of carbonyl (C=O) groups is 5. The lowest BCUT2D eigenvalue weighted by molar-refractivity contribution is -0.134. The summed E-state index contributed by atoms with van der Waals surface area (Å²) in [5.41, 5.74) is 12.3. The van der Waals surface area contributed by atoms with Crippen molar-refractivity contribution in [3.05, 3.63) is 71.8 Å². The van der Waals surface area contributed by atoms with E-state index in [-0.39, 0.29) is 19.3 Å². The Bertz CT molecular complexity index is 1220. The number of hydrogen-bond acceptors (Lipinski definition) is 6. The Morgan fingerprint density at radius 1 is 0.727 bits per heavy atom. The highest BCUT2D eigenvalue weighted by atomic mass is 16.2. The first kappa shape index (κ1) is 34.2. The molecule has 238 valence electrons. The third kappa shape index (κ3) is 11.8. The Labute approximate surface area is 259 Å². The van der Waals surface area contributed by atoms with Gasteiger partial charge < -0.3 is 32.7 Å². The standard InChI is InChI=1S/C33H46N6O5/c34-19-11-10-18-26(32(43)39-28(21-29(35)40)31(42)36-22-24-14-6-2-7-15-24)37-33(44)27(20-23-12-4-1-5-13-23)38-30(41)25-16-8-3-9-17-25/h1,3-5,8-9,12-13,16-17,24,26-28H,2,6-7,10-11,14-15,18-22,34H2,(H2,35,40)(H,36,42)(H,37,44)(H,38,41)(H,39,43)/t26-,27-,28-/m0/s1. The fourth-order valence-electron chi connectivity index (χ4n) is 5.37. The number of carbonyl (C=O) groups excluding carboxylic acids is 5. The molecule has 0 saturated heterocycles. The molecule has 8 N–H and O–H groups in total. The van der Waals surface area contributed by atoms with Gasteiger partial charge in [-0.1, -0.05) is 67.8 Å². The average Bonchev–Trinajstić information content (AvgIpc) is 3.03. The quantitative estimate of drug-likeness (QED) is 0.149. The van der Waals surface area contributed by atoms with Crippen molar-refractivity contribution in [3.8, 4) is 0 Å². The molecule has 1 aliphatic rings. The van der Waals surface area contributed by atoms with Crippen molar-refractivity contribution in [3.63, 3.8) is 0 Å². The molecule has 3 rings (SSSR count). The lowest BCUT2D eigenvalue weighted by atomic mass is 9.89. The highest BCUT2D eigenvalue weighted by Gasteiger charge is 2.31. The van der Waals surface area contributed by atoms with Gasteiger partial charge in [0.15, 0.2) is 0 Å². The average molecular weight is 607 g/mol. The van der Waals surface area contributed by atoms with Crippen LogP contribution in [0.15, 0.2) is 60.7 Å². The van der Waals surface area contributed by atoms with Crippen molar-refractivity contribution < 1.29 is 24.0 Å². The van der Waals surface area contributed by atoms with E-state index in [1.165, 1.54) is 6.42 Å². The van der Waals surface area contributed by atoms with Crippen LogP contribution in [0.2, 0.25) is 0 Å². The molecule has 2 aromatic rings. The van der Waals surface area contributed by atoms with E-state index in [0.29, 0.717) is 37.4 Å². The van der Waals surface area contributed by atoms with E-state index in [1.807, 2.05) is 30.3 Å². The van der Waals surface area contributed by atoms with Crippen molar-refractivity contribution in [1.29, 1.82) is 0 Å². The minimum Gasteiger partial charge on any atom is -0.370 e. The summed E-state index contributed by atoms with van der Waals surface area (Å²) < 4.78 is 0. The maximum absolute atomic E-state index is 13.7. The molecule has 0 aromatic heterocycles. The van der Waals surface area contributed by atoms with Crippen LogP contribution in [0.5, 0.6) is 0 Å². The van der Waals surface area contributed by atoms with E-state index < -0.39 is 47.7 Å². The van der Waals surface area contributed by atoms with Gasteiger partial charge in [0.25, 0.3) is 5.91 Å². The molecule has 0 unspecified atom stereocenters. The number of primary amides is 1. The van der Waals surface area contributed by atoms with Crippen LogP contribution in [0, 0.1) is 5.92 Å². The van der Waals surface area contributed by atoms with Crippen molar-refractivity contribution in [1.82, 2.24) is 21.3 Å². The van der Waals surface area contributed by atoms with Crippen molar-refractivity contribution >= 4 is 29.5 Å². The van der Waals surface area contributed by atoms with E-state index in [9.17, 15) is 24.0 Å². The first-order valence-corrected chi connectivity index (χ1v) is 15.5. The largest absolute Gasteiger partial charge is 0.370 e. The smallest absolute Gasteiger partial charge is 0.251 e. The van der Waals surface area contributed by atoms with Gasteiger partial charge in [0, 0.05) is 18.5 Å². The minimum atomic E-state index is -1.18. The van der Waals surface area contributed by atoms with E-state index >= 15 is 0 Å². The van der Waals surface area contributed by atoms with Gasteiger partial charge in [-0.15, -0.1) is 0 Å². The van der Waals surface area contributed by atoms with Crippen molar-refractivity contribution in [2.45, 2.75) is 82.3 Å². The molecule has 0 radical (unpaired) electrons. The minimum absolute atomic E-state index is 0.191. The maximum Gasteiger partial charge on any atom is 0.251 e. The zero-order valence-electron chi connectivity index (χ0n) is 25.3. The van der Waals surface area contributed by atoms with E-state index in [0.717, 1.165) is 31.2 Å². The highest BCUT2D eigenvalue weighted by molar-refractivity contribution is 5.99. The Morgan fingerprint density at radius 3 is 1.98 bits per heavy atom. The summed E-state index contributed by atoms with van der Waals surface area (Å²) in [7, 11) is 0. The SMILES string of the molecule is NCCCC[C@H](NC(=O)[C@H](Cc1ccccc1)NC(=O)c1ccccc1)C(=O)N[C@@H](CC(N)=O)C(=O)NCC1CCCCC1. The number of hydrogen-bond donors (Lipinski definition) is 6. The Kier molecular flexibility index (Phi) is 14.3. The first-order valence-electron chi connectivity index (χ1n) is 15.5. The van der Waals surface area contributed by atoms with Crippen LogP contribution in [-0.2, 0) is 25.6 Å². The molecule has 11 heteroatoms. The Morgan fingerprint density at radius 2 is 1.34 bits per heavy atom. The summed E-state index contributed by atoms with van der Waals surface area (Å²) in [6.45, 7) is 0.864. The molecule has 44 heavy (non-hydrogen) atoms. The van der Waals surface area contributed by atoms with Crippen LogP contribution in [0.25, 0.3) is 0 Å². The fourth-order valence-corrected chi connectivity index (χ4v) is 5.37. The molecule has 5 amide bonds. The molecule has 11 nitrogen and oxygen atoms in total. The summed E-state index contributed by atoms with van der Waals surface area (Å²) >= 11 is 0. The molecular weight excluding hydrogens is 560 g/mol. The fraction of sp³-hybridized carbons (Fsp3) is 0.485. The predicted octanol–water partition coefficient (Wildman–Crippen LogP) is 1.70. The number of nitrogens with two attached hydrogens (primary N) is 2. The number of unbranched alkanes of at least 4 members (excludes halogenated alkanes) is 1. The second-order valence-corrected chi connectivity index (χ2v) is 11.4. The predicted molar refractivity (Wildman–Crippen MR) is 168 cm³/mol. The van der Waals surface area contributed by atoms with Gasteiger partial charge in [-0.25, -0.2) is 0 Å². The third-order valence-corrected chi connectivity index (χ3v) is 7.85. The summed E-state index contributed by atoms with van der Waals surface area (Å²) in [4.78, 5) is 65.0. The zero-order valence-corrected chi connectivity index (χ0v) is 25.3. The molecule has 3 atom stereocenters. The summed E-state index contributed by atoms with van der Waals surface area (Å²) in [5, 5.41) is 11.1. The first-order chi connectivity index (χ1) is 21.3. The van der Waals surface area contributed by atoms with Crippen LogP contribution in [-0.4, -0.2) is 60.8 Å². The second-order valence-electron chi connectivity index (χ2n) is 11.4. The zero-order chi connectivity index (χ0) is 31.7. The van der Waals surface area contributed by atoms with Gasteiger partial charge >= 0.3 is 0 Å². The molecule has 0 aliphatic heterocycles. The van der Waals surface area contributed by atoms with Gasteiger partial charge in [0.2, 0.25) is 23.6 Å². The van der Waals surface area contributed by atoms with Gasteiger partial charge in [-0.3, -0.25) is 24.0 Å². The molecule has 0 heterocycles. The van der Waals surface area contributed by atoms with Gasteiger partial charge in [0.05, 0.1) is 6.42 Å². The third-order valence-electron chi connectivity index (χ3n) is 7.85. The van der Waals surface area contributed by atoms with Crippen LogP contribution >= 0.6 is 0 Å². The lowest BCUT2D eigenvalue weighted by Gasteiger charge is -2.26. The number of amides is 5. The molecular formula is C33H46N6O5. The van der Waals surface area contributed by atoms with Gasteiger partial charge in [-0.2, -0.15) is 0 Å². The Balaban J connectivity index is 1.74. The van der Waals surface area contributed by atoms with Gasteiger partial charge in [0.1, 0.15) is 18.1 Å². The number of rotatable bonds is 17. The molecule has 2 aromatic carbocycles. The van der Waals surface area contributed by atoms with Crippen LogP contribution in [0.1, 0.15) is 73.7 Å². The van der Waals surface area contributed by atoms with Crippen LogP contribution in [0.3, 0.4) is 0 Å². The summed E-state index contributed by atoms with van der Waals surface area (Å²) in [5.74, 6) is -2.48. The van der Waals surface area contributed by atoms with E-state index in [1.54, 1.807) is 30.3 Å². The van der Waals surface area contributed by atoms with Crippen molar-refractivity contribution in [2.75, 3.05) is 13.1 Å². The topological polar surface area (TPSA) is 186 Å². The molecule has 1 saturated carbocycles. The molecule has 0 spiro atoms. The van der Waals surface area contributed by atoms with E-state index in [2.05, 4.69) is 21.3 Å². The van der Waals surface area contributed by atoms with E-state index in [4.69, 9.17) is 11.5 Å². The molecule has 1 aliphatic carbocycles. The summed E-state index contributed by atoms with van der Waals surface area (Å²) in [6.07, 6.45) is 6.66. The lowest BCUT2D eigenvalue weighted by Crippen LogP contribution is -2.57. The normalized spacial score (nSPS) is 15.3. The molecule has 1 fully saturated rings.